The summed E-state index contributed by atoms with van der Waals surface area (Å²) in [5, 5.41) is 9.96. The second kappa shape index (κ2) is 8.13. The van der Waals surface area contributed by atoms with Crippen molar-refractivity contribution in [2.24, 2.45) is 5.92 Å². The predicted octanol–water partition coefficient (Wildman–Crippen LogP) is 2.16. The zero-order valence-electron chi connectivity index (χ0n) is 14.3. The van der Waals surface area contributed by atoms with E-state index in [1.54, 1.807) is 0 Å². The largest absolute Gasteiger partial charge is 0.389 e. The van der Waals surface area contributed by atoms with E-state index in [1.807, 2.05) is 6.92 Å². The third-order valence-corrected chi connectivity index (χ3v) is 5.15. The highest BCUT2D eigenvalue weighted by Crippen LogP contribution is 2.30. The summed E-state index contributed by atoms with van der Waals surface area (Å²) in [7, 11) is 0. The molecule has 0 radical (unpaired) electrons. The lowest BCUT2D eigenvalue weighted by molar-refractivity contribution is 0.0149. The van der Waals surface area contributed by atoms with E-state index in [1.165, 1.54) is 43.6 Å². The average molecular weight is 318 g/mol. The minimum Gasteiger partial charge on any atom is -0.389 e. The Morgan fingerprint density at radius 3 is 2.78 bits per heavy atom. The molecule has 4 heteroatoms. The molecule has 2 aliphatic rings. The summed E-state index contributed by atoms with van der Waals surface area (Å²) in [5.74, 6) is 0.779. The molecule has 128 valence electrons. The molecule has 4 nitrogen and oxygen atoms in total. The van der Waals surface area contributed by atoms with Crippen LogP contribution in [0.5, 0.6) is 0 Å². The Bertz CT molecular complexity index is 486. The van der Waals surface area contributed by atoms with Gasteiger partial charge in [0.1, 0.15) is 0 Å². The monoisotopic (exact) mass is 318 g/mol. The van der Waals surface area contributed by atoms with Crippen LogP contribution in [0, 0.1) is 5.92 Å². The van der Waals surface area contributed by atoms with Crippen LogP contribution in [0.2, 0.25) is 0 Å². The van der Waals surface area contributed by atoms with Crippen molar-refractivity contribution in [3.63, 3.8) is 0 Å². The van der Waals surface area contributed by atoms with Crippen LogP contribution in [-0.2, 0) is 11.2 Å². The molecule has 2 aliphatic heterocycles. The molecule has 23 heavy (non-hydrogen) atoms. The third-order valence-electron chi connectivity index (χ3n) is 5.15. The maximum atomic E-state index is 9.96. The van der Waals surface area contributed by atoms with E-state index in [9.17, 15) is 5.11 Å². The van der Waals surface area contributed by atoms with E-state index in [-0.39, 0.29) is 6.10 Å². The van der Waals surface area contributed by atoms with Gasteiger partial charge in [0, 0.05) is 31.9 Å². The topological polar surface area (TPSA) is 35.9 Å². The molecule has 1 N–H and O–H groups in total. The van der Waals surface area contributed by atoms with Crippen LogP contribution in [0.3, 0.4) is 0 Å². The number of likely N-dealkylation sites (tertiary alicyclic amines) is 1. The summed E-state index contributed by atoms with van der Waals surface area (Å²) >= 11 is 0. The molecule has 1 aromatic rings. The van der Waals surface area contributed by atoms with Gasteiger partial charge in [-0.2, -0.15) is 0 Å². The van der Waals surface area contributed by atoms with E-state index in [2.05, 4.69) is 34.1 Å². The van der Waals surface area contributed by atoms with Crippen molar-refractivity contribution in [2.75, 3.05) is 50.8 Å². The molecule has 0 saturated carbocycles. The molecule has 0 bridgehead atoms. The van der Waals surface area contributed by atoms with Crippen LogP contribution >= 0.6 is 0 Å². The summed E-state index contributed by atoms with van der Waals surface area (Å²) in [6, 6.07) is 8.83. The predicted molar refractivity (Wildman–Crippen MR) is 94.0 cm³/mol. The van der Waals surface area contributed by atoms with Crippen molar-refractivity contribution in [3.05, 3.63) is 29.8 Å². The standard InChI is InChI=1S/C19H30N2O2/c1-2-23-15-18(22)14-20-10-7-16(8-11-20)13-21-12-9-17-5-3-4-6-19(17)21/h3-6,16,18,22H,2,7-15H2,1H3/t18-/m0/s1. The van der Waals surface area contributed by atoms with Gasteiger partial charge in [0.15, 0.2) is 0 Å². The van der Waals surface area contributed by atoms with Crippen molar-refractivity contribution < 1.29 is 9.84 Å². The highest BCUT2D eigenvalue weighted by Gasteiger charge is 2.25. The average Bonchev–Trinajstić information content (AvgIpc) is 2.98. The number of para-hydroxylation sites is 1. The Balaban J connectivity index is 1.42. The highest BCUT2D eigenvalue weighted by molar-refractivity contribution is 5.57. The lowest BCUT2D eigenvalue weighted by Gasteiger charge is -2.35. The van der Waals surface area contributed by atoms with E-state index in [0.717, 1.165) is 25.6 Å². The first-order valence-corrected chi connectivity index (χ1v) is 9.07. The zero-order chi connectivity index (χ0) is 16.1. The number of β-amino-alcohol motifs (C(OH)–C–C–N with tert-alkyl or cyclic N) is 1. The first-order chi connectivity index (χ1) is 11.3. The molecule has 0 spiro atoms. The number of rotatable bonds is 7. The first-order valence-electron chi connectivity index (χ1n) is 9.07. The molecule has 0 aliphatic carbocycles. The van der Waals surface area contributed by atoms with Crippen LogP contribution in [0.4, 0.5) is 5.69 Å². The quantitative estimate of drug-likeness (QED) is 0.836. The van der Waals surface area contributed by atoms with Crippen LogP contribution in [0.1, 0.15) is 25.3 Å². The Kier molecular flexibility index (Phi) is 5.92. The SMILES string of the molecule is CCOC[C@@H](O)CN1CCC(CN2CCc3ccccc32)CC1. The van der Waals surface area contributed by atoms with Crippen LogP contribution in [0.25, 0.3) is 0 Å². The summed E-state index contributed by atoms with van der Waals surface area (Å²) in [6.07, 6.45) is 3.32. The second-order valence-corrected chi connectivity index (χ2v) is 6.88. The minimum absolute atomic E-state index is 0.350. The number of ether oxygens (including phenoxy) is 1. The smallest absolute Gasteiger partial charge is 0.0900 e. The fraction of sp³-hybridized carbons (Fsp3) is 0.684. The molecular formula is C19H30N2O2. The Hall–Kier alpha value is -1.10. The number of aliphatic hydroxyl groups excluding tert-OH is 1. The number of nitrogens with zero attached hydrogens (tertiary/aromatic N) is 2. The molecule has 2 heterocycles. The minimum atomic E-state index is -0.350. The molecule has 0 aromatic heterocycles. The van der Waals surface area contributed by atoms with E-state index >= 15 is 0 Å². The highest BCUT2D eigenvalue weighted by atomic mass is 16.5. The maximum Gasteiger partial charge on any atom is 0.0900 e. The second-order valence-electron chi connectivity index (χ2n) is 6.88. The van der Waals surface area contributed by atoms with Gasteiger partial charge in [0.2, 0.25) is 0 Å². The van der Waals surface area contributed by atoms with Crippen LogP contribution in [-0.4, -0.2) is 62.0 Å². The fourth-order valence-corrected chi connectivity index (χ4v) is 3.86. The summed E-state index contributed by atoms with van der Waals surface area (Å²) in [6.45, 7) is 8.41. The number of aliphatic hydroxyl groups is 1. The molecule has 3 rings (SSSR count). The normalized spacial score (nSPS) is 20.7. The van der Waals surface area contributed by atoms with E-state index in [0.29, 0.717) is 13.2 Å². The summed E-state index contributed by atoms with van der Waals surface area (Å²) < 4.78 is 5.30. The van der Waals surface area contributed by atoms with Gasteiger partial charge in [-0.15, -0.1) is 0 Å². The van der Waals surface area contributed by atoms with Crippen molar-refractivity contribution in [3.8, 4) is 0 Å². The fourth-order valence-electron chi connectivity index (χ4n) is 3.86. The number of benzene rings is 1. The summed E-state index contributed by atoms with van der Waals surface area (Å²) in [4.78, 5) is 4.96. The van der Waals surface area contributed by atoms with Crippen molar-refractivity contribution in [1.82, 2.24) is 4.90 Å². The molecule has 0 amide bonds. The lowest BCUT2D eigenvalue weighted by Crippen LogP contribution is -2.42. The Morgan fingerprint density at radius 1 is 1.22 bits per heavy atom. The van der Waals surface area contributed by atoms with Gasteiger partial charge < -0.3 is 19.6 Å². The molecule has 1 fully saturated rings. The maximum absolute atomic E-state index is 9.96. The van der Waals surface area contributed by atoms with Gasteiger partial charge in [-0.1, -0.05) is 18.2 Å². The molecule has 1 atom stereocenters. The van der Waals surface area contributed by atoms with Gasteiger partial charge >= 0.3 is 0 Å². The number of fused-ring (bicyclic) bond motifs is 1. The molecular weight excluding hydrogens is 288 g/mol. The van der Waals surface area contributed by atoms with Crippen molar-refractivity contribution in [2.45, 2.75) is 32.3 Å². The van der Waals surface area contributed by atoms with Crippen LogP contribution in [0.15, 0.2) is 24.3 Å². The van der Waals surface area contributed by atoms with Gasteiger partial charge in [-0.3, -0.25) is 0 Å². The van der Waals surface area contributed by atoms with Crippen molar-refractivity contribution in [1.29, 1.82) is 0 Å². The van der Waals surface area contributed by atoms with Crippen LogP contribution < -0.4 is 4.90 Å². The van der Waals surface area contributed by atoms with E-state index < -0.39 is 0 Å². The lowest BCUT2D eigenvalue weighted by atomic mass is 9.96. The summed E-state index contributed by atoms with van der Waals surface area (Å²) in [5.41, 5.74) is 2.95. The third kappa shape index (κ3) is 4.46. The Labute approximate surface area is 140 Å². The van der Waals surface area contributed by atoms with Gasteiger partial charge in [-0.05, 0) is 56.8 Å². The van der Waals surface area contributed by atoms with Gasteiger partial charge in [-0.25, -0.2) is 0 Å². The number of anilines is 1. The number of piperidine rings is 1. The molecule has 0 unspecified atom stereocenters. The zero-order valence-corrected chi connectivity index (χ0v) is 14.3. The number of hydrogen-bond donors (Lipinski definition) is 1. The molecule has 1 saturated heterocycles. The number of hydrogen-bond acceptors (Lipinski definition) is 4. The van der Waals surface area contributed by atoms with Crippen molar-refractivity contribution >= 4 is 5.69 Å². The molecule has 1 aromatic carbocycles. The Morgan fingerprint density at radius 2 is 2.00 bits per heavy atom. The van der Waals surface area contributed by atoms with Gasteiger partial charge in [0.25, 0.3) is 0 Å². The van der Waals surface area contributed by atoms with E-state index in [4.69, 9.17) is 4.74 Å². The van der Waals surface area contributed by atoms with Gasteiger partial charge in [0.05, 0.1) is 12.7 Å². The first kappa shape index (κ1) is 16.7.